The largest absolute Gasteiger partial charge is 0.507 e. The highest BCUT2D eigenvalue weighted by Crippen LogP contribution is 2.45. The number of benzene rings is 4. The zero-order chi connectivity index (χ0) is 27.8. The number of phenolic OH excluding ortho intramolecular Hbond substituents is 1. The third kappa shape index (κ3) is 6.68. The van der Waals surface area contributed by atoms with Gasteiger partial charge in [-0.05, 0) is 63.9 Å². The monoisotopic (exact) mass is 523 g/mol. The van der Waals surface area contributed by atoms with Gasteiger partial charge in [0.1, 0.15) is 22.8 Å². The first kappa shape index (κ1) is 27.9. The van der Waals surface area contributed by atoms with E-state index in [1.807, 2.05) is 113 Å². The molecule has 4 aromatic rings. The van der Waals surface area contributed by atoms with E-state index in [2.05, 4.69) is 0 Å². The summed E-state index contributed by atoms with van der Waals surface area (Å²) in [4.78, 5) is 4.97. The molecule has 0 heterocycles. The summed E-state index contributed by atoms with van der Waals surface area (Å²) in [6, 6.07) is 31.4. The standard InChI is InChI=1S/C34H37NO4/c1-24(2)38-31-20-12-9-17-28(31)34(37,29-18-10-13-21-32(29)39-25(3)4)33(22-26-14-6-5-7-15-26)35-23-27-16-8-11-19-30(27)36/h5-21,23-25,33,36-37H,22H2,1-4H3/t33-/m1/s1. The van der Waals surface area contributed by atoms with Crippen molar-refractivity contribution in [1.29, 1.82) is 0 Å². The maximum Gasteiger partial charge on any atom is 0.144 e. The maximum absolute atomic E-state index is 13.1. The van der Waals surface area contributed by atoms with E-state index in [-0.39, 0.29) is 18.0 Å². The van der Waals surface area contributed by atoms with E-state index in [9.17, 15) is 10.2 Å². The Hall–Kier alpha value is -4.09. The van der Waals surface area contributed by atoms with Gasteiger partial charge in [-0.1, -0.05) is 78.9 Å². The highest BCUT2D eigenvalue weighted by atomic mass is 16.5. The molecule has 2 N–H and O–H groups in total. The molecule has 0 amide bonds. The molecule has 0 radical (unpaired) electrons. The molecule has 0 spiro atoms. The lowest BCUT2D eigenvalue weighted by Crippen LogP contribution is -2.42. The van der Waals surface area contributed by atoms with Gasteiger partial charge in [0.25, 0.3) is 0 Å². The number of phenols is 1. The van der Waals surface area contributed by atoms with Gasteiger partial charge in [0.15, 0.2) is 0 Å². The maximum atomic E-state index is 13.1. The number of ether oxygens (including phenoxy) is 2. The van der Waals surface area contributed by atoms with Crippen LogP contribution in [0.5, 0.6) is 17.2 Å². The van der Waals surface area contributed by atoms with Crippen molar-refractivity contribution in [3.63, 3.8) is 0 Å². The van der Waals surface area contributed by atoms with Crippen molar-refractivity contribution in [2.45, 2.75) is 58.0 Å². The average molecular weight is 524 g/mol. The molecule has 4 rings (SSSR count). The molecule has 0 aliphatic heterocycles. The van der Waals surface area contributed by atoms with Gasteiger partial charge >= 0.3 is 0 Å². The van der Waals surface area contributed by atoms with Crippen LogP contribution < -0.4 is 9.47 Å². The van der Waals surface area contributed by atoms with Crippen LogP contribution in [-0.4, -0.2) is 34.7 Å². The highest BCUT2D eigenvalue weighted by molar-refractivity contribution is 5.83. The molecular formula is C34H37NO4. The Morgan fingerprint density at radius 3 is 1.72 bits per heavy atom. The van der Waals surface area contributed by atoms with E-state index in [4.69, 9.17) is 14.5 Å². The Balaban J connectivity index is 1.98. The fourth-order valence-corrected chi connectivity index (χ4v) is 4.69. The van der Waals surface area contributed by atoms with Gasteiger partial charge in [0, 0.05) is 22.9 Å². The molecule has 0 aromatic heterocycles. The molecule has 4 aromatic carbocycles. The number of nitrogens with zero attached hydrogens (tertiary/aromatic N) is 1. The number of hydrogen-bond donors (Lipinski definition) is 2. The number of rotatable bonds is 11. The Kier molecular flexibility index (Phi) is 9.05. The molecule has 5 heteroatoms. The summed E-state index contributed by atoms with van der Waals surface area (Å²) in [5.41, 5.74) is 1.12. The van der Waals surface area contributed by atoms with Gasteiger partial charge in [-0.3, -0.25) is 4.99 Å². The number of aliphatic imine (C=N–C) groups is 1. The van der Waals surface area contributed by atoms with Gasteiger partial charge in [-0.15, -0.1) is 0 Å². The second-order valence-electron chi connectivity index (χ2n) is 10.1. The fourth-order valence-electron chi connectivity index (χ4n) is 4.69. The first-order chi connectivity index (χ1) is 18.8. The van der Waals surface area contributed by atoms with Crippen molar-refractivity contribution < 1.29 is 19.7 Å². The van der Waals surface area contributed by atoms with E-state index in [1.54, 1.807) is 24.4 Å². The first-order valence-corrected chi connectivity index (χ1v) is 13.4. The van der Waals surface area contributed by atoms with Crippen molar-refractivity contribution in [1.82, 2.24) is 0 Å². The summed E-state index contributed by atoms with van der Waals surface area (Å²) in [7, 11) is 0. The normalized spacial score (nSPS) is 12.7. The number of hydrogen-bond acceptors (Lipinski definition) is 5. The Labute approximate surface area is 231 Å². The van der Waals surface area contributed by atoms with Crippen LogP contribution in [0.3, 0.4) is 0 Å². The third-order valence-corrected chi connectivity index (χ3v) is 6.41. The Morgan fingerprint density at radius 1 is 0.692 bits per heavy atom. The van der Waals surface area contributed by atoms with Crippen molar-refractivity contribution >= 4 is 6.21 Å². The van der Waals surface area contributed by atoms with Crippen molar-refractivity contribution in [3.05, 3.63) is 125 Å². The molecule has 0 aliphatic carbocycles. The molecule has 0 bridgehead atoms. The number of para-hydroxylation sites is 3. The van der Waals surface area contributed by atoms with E-state index in [1.165, 1.54) is 0 Å². The predicted octanol–water partition coefficient (Wildman–Crippen LogP) is 6.93. The minimum Gasteiger partial charge on any atom is -0.507 e. The van der Waals surface area contributed by atoms with E-state index < -0.39 is 11.6 Å². The molecule has 0 unspecified atom stereocenters. The van der Waals surface area contributed by atoms with Gasteiger partial charge in [0.05, 0.1) is 18.2 Å². The van der Waals surface area contributed by atoms with Gasteiger partial charge in [-0.25, -0.2) is 0 Å². The smallest absolute Gasteiger partial charge is 0.144 e. The number of aromatic hydroxyl groups is 1. The summed E-state index contributed by atoms with van der Waals surface area (Å²) in [6.07, 6.45) is 1.85. The lowest BCUT2D eigenvalue weighted by Gasteiger charge is -2.37. The summed E-state index contributed by atoms with van der Waals surface area (Å²) < 4.78 is 12.4. The molecule has 0 saturated carbocycles. The van der Waals surface area contributed by atoms with Crippen LogP contribution in [0.1, 0.15) is 49.9 Å². The van der Waals surface area contributed by atoms with Gasteiger partial charge < -0.3 is 19.7 Å². The molecule has 0 fully saturated rings. The van der Waals surface area contributed by atoms with Crippen LogP contribution in [0.2, 0.25) is 0 Å². The topological polar surface area (TPSA) is 71.3 Å². The molecule has 0 saturated heterocycles. The average Bonchev–Trinajstić information content (AvgIpc) is 2.92. The van der Waals surface area contributed by atoms with Crippen LogP contribution >= 0.6 is 0 Å². The van der Waals surface area contributed by atoms with E-state index >= 15 is 0 Å². The van der Waals surface area contributed by atoms with Crippen LogP contribution in [0, 0.1) is 0 Å². The Morgan fingerprint density at radius 2 is 1.18 bits per heavy atom. The molecule has 202 valence electrons. The first-order valence-electron chi connectivity index (χ1n) is 13.4. The predicted molar refractivity (Wildman–Crippen MR) is 157 cm³/mol. The molecule has 1 atom stereocenters. The number of aliphatic hydroxyl groups is 1. The third-order valence-electron chi connectivity index (χ3n) is 6.41. The summed E-state index contributed by atoms with van der Waals surface area (Å²) >= 11 is 0. The second-order valence-corrected chi connectivity index (χ2v) is 10.1. The SMILES string of the molecule is CC(C)Oc1ccccc1C(O)(c1ccccc1OC(C)C)[C@@H](Cc1ccccc1)N=Cc1ccccc1O. The second kappa shape index (κ2) is 12.6. The van der Waals surface area contributed by atoms with Crippen LogP contribution in [0.25, 0.3) is 0 Å². The van der Waals surface area contributed by atoms with Crippen molar-refractivity contribution in [2.75, 3.05) is 0 Å². The zero-order valence-electron chi connectivity index (χ0n) is 23.0. The summed E-state index contributed by atoms with van der Waals surface area (Å²) in [6.45, 7) is 7.85. The molecule has 5 nitrogen and oxygen atoms in total. The molecule has 39 heavy (non-hydrogen) atoms. The van der Waals surface area contributed by atoms with Crippen LogP contribution in [0.15, 0.2) is 108 Å². The molecular weight excluding hydrogens is 486 g/mol. The van der Waals surface area contributed by atoms with Gasteiger partial charge in [0.2, 0.25) is 0 Å². The molecule has 0 aliphatic rings. The summed E-state index contributed by atoms with van der Waals surface area (Å²) in [5.74, 6) is 1.27. The lowest BCUT2D eigenvalue weighted by molar-refractivity contribution is 0.0443. The minimum atomic E-state index is -1.65. The van der Waals surface area contributed by atoms with Crippen LogP contribution in [0.4, 0.5) is 0 Å². The minimum absolute atomic E-state index is 0.102. The quantitative estimate of drug-likeness (QED) is 0.209. The van der Waals surface area contributed by atoms with E-state index in [0.717, 1.165) is 5.56 Å². The Bertz CT molecular complexity index is 1330. The van der Waals surface area contributed by atoms with E-state index in [0.29, 0.717) is 34.6 Å². The van der Waals surface area contributed by atoms with Crippen molar-refractivity contribution in [3.8, 4) is 17.2 Å². The van der Waals surface area contributed by atoms with Crippen LogP contribution in [-0.2, 0) is 12.0 Å². The van der Waals surface area contributed by atoms with Gasteiger partial charge in [-0.2, -0.15) is 0 Å². The fraction of sp³-hybridized carbons (Fsp3) is 0.265. The zero-order valence-corrected chi connectivity index (χ0v) is 23.0. The summed E-state index contributed by atoms with van der Waals surface area (Å²) in [5, 5.41) is 23.5. The van der Waals surface area contributed by atoms with Crippen molar-refractivity contribution in [2.24, 2.45) is 4.99 Å². The lowest BCUT2D eigenvalue weighted by atomic mass is 9.77. The highest BCUT2D eigenvalue weighted by Gasteiger charge is 2.44.